The van der Waals surface area contributed by atoms with Crippen molar-refractivity contribution in [3.8, 4) is 0 Å². The average molecular weight is 163 g/mol. The maximum absolute atomic E-state index is 4.75. The van der Waals surface area contributed by atoms with Gasteiger partial charge >= 0.3 is 0 Å². The van der Waals surface area contributed by atoms with Gasteiger partial charge in [0, 0.05) is 10.5 Å². The fourth-order valence-electron chi connectivity index (χ4n) is 0.437. The van der Waals surface area contributed by atoms with E-state index < -0.39 is 0 Å². The van der Waals surface area contributed by atoms with Crippen molar-refractivity contribution in [1.82, 2.24) is 14.0 Å². The van der Waals surface area contributed by atoms with Gasteiger partial charge in [-0.1, -0.05) is 0 Å². The van der Waals surface area contributed by atoms with E-state index in [0.29, 0.717) is 4.77 Å². The molecule has 0 fully saturated rings. The van der Waals surface area contributed by atoms with Crippen LogP contribution in [0.5, 0.6) is 0 Å². The maximum atomic E-state index is 4.75. The van der Waals surface area contributed by atoms with Gasteiger partial charge in [0.2, 0.25) is 9.73 Å². The number of hydrogen-bond acceptors (Lipinski definition) is 4. The lowest BCUT2D eigenvalue weighted by Crippen LogP contribution is -1.78. The molecular formula is C2HN3S3. The molecule has 2 heterocycles. The van der Waals surface area contributed by atoms with E-state index in [2.05, 4.69) is 10.1 Å². The van der Waals surface area contributed by atoms with Crippen LogP contribution in [-0.4, -0.2) is 14.0 Å². The number of rotatable bonds is 0. The SMILES string of the molecule is S=c1nc2ssn2[nH]1. The van der Waals surface area contributed by atoms with Crippen molar-refractivity contribution in [2.45, 2.75) is 0 Å². The Balaban J connectivity index is 3.07. The molecule has 0 aliphatic rings. The first-order chi connectivity index (χ1) is 3.86. The minimum Gasteiger partial charge on any atom is -0.255 e. The van der Waals surface area contributed by atoms with Gasteiger partial charge in [0.15, 0.2) is 0 Å². The van der Waals surface area contributed by atoms with Crippen LogP contribution in [0.15, 0.2) is 0 Å². The Morgan fingerprint density at radius 3 is 2.88 bits per heavy atom. The first-order valence-corrected chi connectivity index (χ1v) is 4.42. The Morgan fingerprint density at radius 1 is 1.75 bits per heavy atom. The topological polar surface area (TPSA) is 33.1 Å². The van der Waals surface area contributed by atoms with Crippen LogP contribution < -0.4 is 0 Å². The highest BCUT2D eigenvalue weighted by Gasteiger charge is 1.97. The van der Waals surface area contributed by atoms with Crippen molar-refractivity contribution >= 4 is 38.1 Å². The average Bonchev–Trinajstić information content (AvgIpc) is 1.91. The molecule has 42 valence electrons. The summed E-state index contributed by atoms with van der Waals surface area (Å²) in [6, 6.07) is 0. The first-order valence-electron chi connectivity index (χ1n) is 1.90. The third-order valence-electron chi connectivity index (χ3n) is 0.754. The van der Waals surface area contributed by atoms with Crippen molar-refractivity contribution < 1.29 is 0 Å². The van der Waals surface area contributed by atoms with Crippen LogP contribution in [0.4, 0.5) is 0 Å². The van der Waals surface area contributed by atoms with E-state index in [4.69, 9.17) is 12.2 Å². The summed E-state index contributed by atoms with van der Waals surface area (Å²) < 4.78 is 2.41. The van der Waals surface area contributed by atoms with Crippen LogP contribution in [0.1, 0.15) is 0 Å². The molecule has 0 spiro atoms. The highest BCUT2D eigenvalue weighted by atomic mass is 32.9. The first kappa shape index (κ1) is 4.66. The highest BCUT2D eigenvalue weighted by Crippen LogP contribution is 2.16. The van der Waals surface area contributed by atoms with Gasteiger partial charge in [0.25, 0.3) is 0 Å². The predicted molar refractivity (Wildman–Crippen MR) is 36.1 cm³/mol. The largest absolute Gasteiger partial charge is 0.255 e. The quantitative estimate of drug-likeness (QED) is 0.472. The van der Waals surface area contributed by atoms with Crippen LogP contribution in [0.2, 0.25) is 0 Å². The predicted octanol–water partition coefficient (Wildman–Crippen LogP) is 1.51. The Labute approximate surface area is 57.1 Å². The summed E-state index contributed by atoms with van der Waals surface area (Å²) in [7, 11) is 3.22. The van der Waals surface area contributed by atoms with Crippen molar-refractivity contribution in [2.75, 3.05) is 0 Å². The fraction of sp³-hybridized carbons (Fsp3) is 0. The molecule has 2 aromatic heterocycles. The molecule has 0 saturated carbocycles. The number of nitrogens with one attached hydrogen (secondary N) is 1. The second kappa shape index (κ2) is 1.40. The van der Waals surface area contributed by atoms with Gasteiger partial charge in [0.1, 0.15) is 0 Å². The summed E-state index contributed by atoms with van der Waals surface area (Å²) in [4.78, 5) is 4.93. The lowest BCUT2D eigenvalue weighted by atomic mass is 11.3. The number of hydrogen-bond donors (Lipinski definition) is 1. The van der Waals surface area contributed by atoms with E-state index in [9.17, 15) is 0 Å². The lowest BCUT2D eigenvalue weighted by Gasteiger charge is -1.86. The van der Waals surface area contributed by atoms with Crippen LogP contribution in [-0.2, 0) is 0 Å². The Kier molecular flexibility index (Phi) is 0.813. The summed E-state index contributed by atoms with van der Waals surface area (Å²) in [5.41, 5.74) is 0. The molecule has 2 rings (SSSR count). The lowest BCUT2D eigenvalue weighted by molar-refractivity contribution is 1.05. The molecule has 8 heavy (non-hydrogen) atoms. The highest BCUT2D eigenvalue weighted by molar-refractivity contribution is 7.72. The summed E-state index contributed by atoms with van der Waals surface area (Å²) in [5.74, 6) is 0. The van der Waals surface area contributed by atoms with Gasteiger partial charge in [-0.3, -0.25) is 5.10 Å². The molecule has 0 unspecified atom stereocenters. The van der Waals surface area contributed by atoms with E-state index in [-0.39, 0.29) is 0 Å². The molecule has 0 atom stereocenters. The monoisotopic (exact) mass is 163 g/mol. The van der Waals surface area contributed by atoms with Crippen molar-refractivity contribution in [2.24, 2.45) is 0 Å². The van der Waals surface area contributed by atoms with Gasteiger partial charge in [-0.25, -0.2) is 0 Å². The Morgan fingerprint density at radius 2 is 2.62 bits per heavy atom. The number of aromatic nitrogens is 3. The smallest absolute Gasteiger partial charge is 0.233 e. The molecule has 0 saturated heterocycles. The van der Waals surface area contributed by atoms with Gasteiger partial charge < -0.3 is 0 Å². The zero-order chi connectivity index (χ0) is 5.56. The molecule has 0 radical (unpaired) electrons. The van der Waals surface area contributed by atoms with Crippen LogP contribution in [0.3, 0.4) is 0 Å². The molecule has 0 aliphatic carbocycles. The van der Waals surface area contributed by atoms with E-state index in [1.54, 1.807) is 20.9 Å². The Bertz CT molecular complexity index is 303. The Hall–Kier alpha value is -0.200. The number of fused-ring (bicyclic) bond motifs is 1. The van der Waals surface area contributed by atoms with E-state index in [1.165, 1.54) is 0 Å². The molecule has 0 bridgehead atoms. The van der Waals surface area contributed by atoms with Crippen molar-refractivity contribution in [3.05, 3.63) is 4.77 Å². The minimum absolute atomic E-state index is 0.567. The second-order valence-electron chi connectivity index (χ2n) is 1.26. The molecular weight excluding hydrogens is 162 g/mol. The van der Waals surface area contributed by atoms with Crippen molar-refractivity contribution in [3.63, 3.8) is 0 Å². The third kappa shape index (κ3) is 0.473. The minimum atomic E-state index is 0.567. The second-order valence-corrected chi connectivity index (χ2v) is 3.64. The van der Waals surface area contributed by atoms with Crippen LogP contribution in [0.25, 0.3) is 4.96 Å². The summed E-state index contributed by atoms with van der Waals surface area (Å²) in [5, 5.41) is 2.86. The van der Waals surface area contributed by atoms with Crippen LogP contribution >= 0.6 is 33.1 Å². The maximum Gasteiger partial charge on any atom is 0.233 e. The van der Waals surface area contributed by atoms with Gasteiger partial charge in [0.05, 0.1) is 0 Å². The summed E-state index contributed by atoms with van der Waals surface area (Å²) in [6.45, 7) is 0. The van der Waals surface area contributed by atoms with E-state index in [0.717, 1.165) is 4.96 Å². The van der Waals surface area contributed by atoms with Gasteiger partial charge in [-0.05, 0) is 22.6 Å². The van der Waals surface area contributed by atoms with Gasteiger partial charge in [-0.2, -0.15) is 8.89 Å². The standard InChI is InChI=1S/C2HN3S3/c6-1-3-2-5(4-1)8-7-2/h(H,4,6). The molecule has 3 nitrogen and oxygen atoms in total. The normalized spacial score (nSPS) is 11.0. The molecule has 6 heteroatoms. The fourth-order valence-corrected chi connectivity index (χ4v) is 2.16. The zero-order valence-corrected chi connectivity index (χ0v) is 6.07. The number of H-pyrrole nitrogens is 1. The van der Waals surface area contributed by atoms with E-state index >= 15 is 0 Å². The molecule has 1 N–H and O–H groups in total. The van der Waals surface area contributed by atoms with E-state index in [1.807, 2.05) is 3.90 Å². The number of nitrogens with zero attached hydrogens (tertiary/aromatic N) is 2. The van der Waals surface area contributed by atoms with Crippen molar-refractivity contribution in [1.29, 1.82) is 0 Å². The zero-order valence-electron chi connectivity index (χ0n) is 3.62. The summed E-state index contributed by atoms with van der Waals surface area (Å²) >= 11 is 4.75. The van der Waals surface area contributed by atoms with Gasteiger partial charge in [-0.15, -0.1) is 0 Å². The molecule has 2 aromatic rings. The van der Waals surface area contributed by atoms with Crippen LogP contribution in [0, 0.1) is 4.77 Å². The third-order valence-corrected chi connectivity index (χ3v) is 3.08. The molecule has 0 aromatic carbocycles. The molecule has 0 aliphatic heterocycles. The molecule has 0 amide bonds. The number of aromatic amines is 1. The summed E-state index contributed by atoms with van der Waals surface area (Å²) in [6.07, 6.45) is 0.